The lowest BCUT2D eigenvalue weighted by molar-refractivity contribution is -0.126. The lowest BCUT2D eigenvalue weighted by Crippen LogP contribution is -2.52. The number of morpholine rings is 1. The monoisotopic (exact) mass is 350 g/mol. The van der Waals surface area contributed by atoms with E-state index in [0.29, 0.717) is 13.2 Å². The van der Waals surface area contributed by atoms with Gasteiger partial charge in [-0.05, 0) is 38.5 Å². The number of carbonyl (C=O) groups excluding carboxylic acids is 1. The average Bonchev–Trinajstić information content (AvgIpc) is 2.59. The predicted octanol–water partition coefficient (Wildman–Crippen LogP) is 1.83. The molecule has 0 spiro atoms. The zero-order valence-corrected chi connectivity index (χ0v) is 15.7. The molecule has 3 atom stereocenters. The molecule has 140 valence electrons. The molecule has 1 aliphatic rings. The number of hydrogen-bond donors (Lipinski definition) is 1. The topological polar surface area (TPSA) is 60.0 Å². The van der Waals surface area contributed by atoms with Crippen LogP contribution in [0.25, 0.3) is 0 Å². The Bertz CT molecular complexity index is 542. The Morgan fingerprint density at radius 2 is 2.08 bits per heavy atom. The molecule has 0 bridgehead atoms. The van der Waals surface area contributed by atoms with E-state index in [1.165, 1.54) is 0 Å². The fourth-order valence-electron chi connectivity index (χ4n) is 3.04. The number of nitrogens with zero attached hydrogens (tertiary/aromatic N) is 1. The zero-order chi connectivity index (χ0) is 18.2. The minimum atomic E-state index is -0.0934. The Balaban J connectivity index is 1.66. The number of methoxy groups -OCH3 is 1. The third kappa shape index (κ3) is 6.65. The summed E-state index contributed by atoms with van der Waals surface area (Å²) in [6, 6.07) is 7.91. The van der Waals surface area contributed by atoms with Gasteiger partial charge in [-0.1, -0.05) is 12.1 Å². The van der Waals surface area contributed by atoms with E-state index in [2.05, 4.69) is 31.0 Å². The van der Waals surface area contributed by atoms with Gasteiger partial charge in [0.25, 0.3) is 0 Å². The summed E-state index contributed by atoms with van der Waals surface area (Å²) >= 11 is 0. The lowest BCUT2D eigenvalue weighted by atomic mass is 10.2. The van der Waals surface area contributed by atoms with Crippen LogP contribution in [0.1, 0.15) is 26.3 Å². The van der Waals surface area contributed by atoms with E-state index in [1.807, 2.05) is 24.3 Å². The minimum Gasteiger partial charge on any atom is -0.497 e. The summed E-state index contributed by atoms with van der Waals surface area (Å²) in [6.07, 6.45) is 0.459. The van der Waals surface area contributed by atoms with Gasteiger partial charge in [-0.2, -0.15) is 0 Å². The maximum atomic E-state index is 12.0. The van der Waals surface area contributed by atoms with Crippen LogP contribution in [0.2, 0.25) is 0 Å². The van der Waals surface area contributed by atoms with E-state index in [-0.39, 0.29) is 30.8 Å². The largest absolute Gasteiger partial charge is 0.497 e. The number of nitrogens with one attached hydrogen (secondary N) is 1. The smallest absolute Gasteiger partial charge is 0.246 e. The van der Waals surface area contributed by atoms with Crippen LogP contribution in [-0.2, 0) is 20.9 Å². The molecule has 1 N–H and O–H groups in total. The molecule has 6 heteroatoms. The van der Waals surface area contributed by atoms with Crippen LogP contribution in [0.5, 0.6) is 5.75 Å². The van der Waals surface area contributed by atoms with Gasteiger partial charge in [0.15, 0.2) is 0 Å². The van der Waals surface area contributed by atoms with Crippen molar-refractivity contribution < 1.29 is 19.0 Å². The van der Waals surface area contributed by atoms with Gasteiger partial charge in [0.2, 0.25) is 5.91 Å². The van der Waals surface area contributed by atoms with E-state index >= 15 is 0 Å². The normalized spacial score (nSPS) is 22.4. The van der Waals surface area contributed by atoms with E-state index in [1.54, 1.807) is 7.11 Å². The van der Waals surface area contributed by atoms with E-state index in [0.717, 1.165) is 24.4 Å². The molecule has 3 unspecified atom stereocenters. The second kappa shape index (κ2) is 9.75. The van der Waals surface area contributed by atoms with Crippen LogP contribution in [0.15, 0.2) is 24.3 Å². The average molecular weight is 350 g/mol. The molecule has 1 amide bonds. The van der Waals surface area contributed by atoms with Crippen molar-refractivity contribution in [1.29, 1.82) is 0 Å². The first kappa shape index (κ1) is 19.7. The third-order valence-corrected chi connectivity index (χ3v) is 4.30. The fraction of sp³-hybridized carbons (Fsp3) is 0.632. The first-order chi connectivity index (χ1) is 12.0. The molecule has 0 radical (unpaired) electrons. The summed E-state index contributed by atoms with van der Waals surface area (Å²) in [5.41, 5.74) is 0.983. The number of amides is 1. The van der Waals surface area contributed by atoms with E-state index in [4.69, 9.17) is 14.2 Å². The number of hydrogen-bond acceptors (Lipinski definition) is 5. The standard InChI is InChI=1S/C19H30N2O4/c1-14(21-10-15(2)25-16(3)11-21)9-20-19(22)13-24-12-17-6-5-7-18(8-17)23-4/h5-8,14-16H,9-13H2,1-4H3,(H,20,22). The molecule has 1 heterocycles. The van der Waals surface area contributed by atoms with Gasteiger partial charge in [-0.25, -0.2) is 0 Å². The maximum Gasteiger partial charge on any atom is 0.246 e. The van der Waals surface area contributed by atoms with Gasteiger partial charge in [0, 0.05) is 25.7 Å². The second-order valence-corrected chi connectivity index (χ2v) is 6.71. The summed E-state index contributed by atoms with van der Waals surface area (Å²) in [6.45, 7) is 9.14. The van der Waals surface area contributed by atoms with Gasteiger partial charge in [-0.3, -0.25) is 9.69 Å². The van der Waals surface area contributed by atoms with E-state index in [9.17, 15) is 4.79 Å². The van der Waals surface area contributed by atoms with Crippen molar-refractivity contribution in [2.24, 2.45) is 0 Å². The molecule has 0 aromatic heterocycles. The Morgan fingerprint density at radius 1 is 1.36 bits per heavy atom. The highest BCUT2D eigenvalue weighted by molar-refractivity contribution is 5.77. The van der Waals surface area contributed by atoms with Crippen molar-refractivity contribution in [2.45, 2.75) is 45.6 Å². The van der Waals surface area contributed by atoms with Crippen molar-refractivity contribution in [3.8, 4) is 5.75 Å². The van der Waals surface area contributed by atoms with Crippen LogP contribution >= 0.6 is 0 Å². The maximum absolute atomic E-state index is 12.0. The SMILES string of the molecule is COc1cccc(COCC(=O)NCC(C)N2CC(C)OC(C)C2)c1. The molecule has 1 aromatic carbocycles. The highest BCUT2D eigenvalue weighted by Crippen LogP contribution is 2.14. The van der Waals surface area contributed by atoms with Gasteiger partial charge >= 0.3 is 0 Å². The van der Waals surface area contributed by atoms with Crippen LogP contribution in [-0.4, -0.2) is 62.4 Å². The number of carbonyl (C=O) groups is 1. The highest BCUT2D eigenvalue weighted by atomic mass is 16.5. The summed E-state index contributed by atoms with van der Waals surface area (Å²) < 4.78 is 16.4. The van der Waals surface area contributed by atoms with Crippen LogP contribution < -0.4 is 10.1 Å². The number of rotatable bonds is 8. The summed E-state index contributed by atoms with van der Waals surface area (Å²) in [5, 5.41) is 2.95. The minimum absolute atomic E-state index is 0.0554. The molecule has 1 saturated heterocycles. The summed E-state index contributed by atoms with van der Waals surface area (Å²) in [4.78, 5) is 14.3. The number of ether oxygens (including phenoxy) is 3. The fourth-order valence-corrected chi connectivity index (χ4v) is 3.04. The van der Waals surface area contributed by atoms with Gasteiger partial charge in [0.05, 0.1) is 25.9 Å². The molecule has 25 heavy (non-hydrogen) atoms. The Kier molecular flexibility index (Phi) is 7.68. The van der Waals surface area contributed by atoms with E-state index < -0.39 is 0 Å². The predicted molar refractivity (Wildman–Crippen MR) is 96.7 cm³/mol. The van der Waals surface area contributed by atoms with Crippen molar-refractivity contribution >= 4 is 5.91 Å². The zero-order valence-electron chi connectivity index (χ0n) is 15.7. The Morgan fingerprint density at radius 3 is 2.76 bits per heavy atom. The molecule has 1 aromatic rings. The second-order valence-electron chi connectivity index (χ2n) is 6.71. The molecule has 0 saturated carbocycles. The van der Waals surface area contributed by atoms with Gasteiger partial charge < -0.3 is 19.5 Å². The molecule has 0 aliphatic carbocycles. The van der Waals surface area contributed by atoms with Crippen LogP contribution in [0.4, 0.5) is 0 Å². The molecule has 6 nitrogen and oxygen atoms in total. The molecule has 2 rings (SSSR count). The molecule has 1 aliphatic heterocycles. The quantitative estimate of drug-likeness (QED) is 0.775. The van der Waals surface area contributed by atoms with Crippen molar-refractivity contribution in [2.75, 3.05) is 33.4 Å². The lowest BCUT2D eigenvalue weighted by Gasteiger charge is -2.38. The third-order valence-electron chi connectivity index (χ3n) is 4.30. The van der Waals surface area contributed by atoms with Crippen molar-refractivity contribution in [1.82, 2.24) is 10.2 Å². The molecular weight excluding hydrogens is 320 g/mol. The highest BCUT2D eigenvalue weighted by Gasteiger charge is 2.25. The Hall–Kier alpha value is -1.63. The van der Waals surface area contributed by atoms with Gasteiger partial charge in [0.1, 0.15) is 12.4 Å². The van der Waals surface area contributed by atoms with Crippen LogP contribution in [0.3, 0.4) is 0 Å². The Labute approximate surface area is 150 Å². The summed E-state index contributed by atoms with van der Waals surface area (Å²) in [7, 11) is 1.63. The molecule has 1 fully saturated rings. The van der Waals surface area contributed by atoms with Crippen molar-refractivity contribution in [3.05, 3.63) is 29.8 Å². The summed E-state index contributed by atoms with van der Waals surface area (Å²) in [5.74, 6) is 0.692. The first-order valence-corrected chi connectivity index (χ1v) is 8.84. The number of benzene rings is 1. The van der Waals surface area contributed by atoms with Crippen molar-refractivity contribution in [3.63, 3.8) is 0 Å². The van der Waals surface area contributed by atoms with Crippen LogP contribution in [0, 0.1) is 0 Å². The first-order valence-electron chi connectivity index (χ1n) is 8.84. The molecular formula is C19H30N2O4. The van der Waals surface area contributed by atoms with Gasteiger partial charge in [-0.15, -0.1) is 0 Å².